The van der Waals surface area contributed by atoms with Crippen molar-refractivity contribution in [2.45, 2.75) is 51.0 Å². The van der Waals surface area contributed by atoms with Crippen LogP contribution in [-0.4, -0.2) is 64.7 Å². The molecule has 25 heavy (non-hydrogen) atoms. The van der Waals surface area contributed by atoms with Gasteiger partial charge in [0.1, 0.15) is 5.82 Å². The molecule has 1 aromatic rings. The number of aryl methyl sites for hydroxylation is 1. The van der Waals surface area contributed by atoms with Crippen molar-refractivity contribution < 1.29 is 9.53 Å². The highest BCUT2D eigenvalue weighted by Gasteiger charge is 2.32. The Kier molecular flexibility index (Phi) is 5.08. The van der Waals surface area contributed by atoms with Crippen LogP contribution < -0.4 is 0 Å². The molecular weight excluding hydrogens is 316 g/mol. The van der Waals surface area contributed by atoms with E-state index >= 15 is 0 Å². The summed E-state index contributed by atoms with van der Waals surface area (Å²) in [5.74, 6) is 1.50. The number of morpholine rings is 1. The molecule has 0 aromatic carbocycles. The average Bonchev–Trinajstić information content (AvgIpc) is 3.25. The first kappa shape index (κ1) is 17.0. The van der Waals surface area contributed by atoms with Crippen molar-refractivity contribution in [1.82, 2.24) is 19.4 Å². The molecule has 0 radical (unpaired) electrons. The number of nitrogens with zero attached hydrogens (tertiary/aromatic N) is 4. The van der Waals surface area contributed by atoms with Gasteiger partial charge in [0, 0.05) is 38.8 Å². The third-order valence-corrected chi connectivity index (χ3v) is 6.05. The van der Waals surface area contributed by atoms with Gasteiger partial charge in [-0.05, 0) is 45.1 Å². The van der Waals surface area contributed by atoms with Crippen LogP contribution in [0.5, 0.6) is 0 Å². The van der Waals surface area contributed by atoms with E-state index in [0.29, 0.717) is 25.7 Å². The van der Waals surface area contributed by atoms with Gasteiger partial charge < -0.3 is 14.2 Å². The van der Waals surface area contributed by atoms with Crippen LogP contribution in [0.15, 0.2) is 0 Å². The molecule has 0 spiro atoms. The van der Waals surface area contributed by atoms with Crippen molar-refractivity contribution >= 4 is 5.91 Å². The number of hydrogen-bond donors (Lipinski definition) is 0. The van der Waals surface area contributed by atoms with E-state index in [0.717, 1.165) is 39.0 Å². The molecule has 6 nitrogen and oxygen atoms in total. The van der Waals surface area contributed by atoms with Crippen molar-refractivity contribution in [3.63, 3.8) is 0 Å². The number of fused-ring (bicyclic) bond motifs is 1. The van der Waals surface area contributed by atoms with Gasteiger partial charge >= 0.3 is 0 Å². The number of likely N-dealkylation sites (tertiary alicyclic amines) is 1. The highest BCUT2D eigenvalue weighted by molar-refractivity contribution is 5.76. The van der Waals surface area contributed by atoms with Crippen molar-refractivity contribution in [2.75, 3.05) is 39.4 Å². The Hall–Kier alpha value is -1.40. The van der Waals surface area contributed by atoms with Crippen LogP contribution in [0, 0.1) is 0 Å². The van der Waals surface area contributed by atoms with E-state index in [1.165, 1.54) is 42.9 Å². The highest BCUT2D eigenvalue weighted by atomic mass is 16.5. The summed E-state index contributed by atoms with van der Waals surface area (Å²) in [4.78, 5) is 21.9. The Morgan fingerprint density at radius 1 is 1.16 bits per heavy atom. The van der Waals surface area contributed by atoms with Gasteiger partial charge in [0.05, 0.1) is 24.9 Å². The molecule has 0 saturated carbocycles. The number of imidazole rings is 1. The monoisotopic (exact) mass is 346 g/mol. The summed E-state index contributed by atoms with van der Waals surface area (Å²) >= 11 is 0. The second-order valence-electron chi connectivity index (χ2n) is 7.57. The smallest absolute Gasteiger partial charge is 0.224 e. The third-order valence-electron chi connectivity index (χ3n) is 6.05. The predicted octanol–water partition coefficient (Wildman–Crippen LogP) is 1.68. The normalized spacial score (nSPS) is 24.5. The number of amides is 1. The molecule has 2 saturated heterocycles. The summed E-state index contributed by atoms with van der Waals surface area (Å²) in [6.07, 6.45) is 7.83. The SMILES string of the molecule is Cn1c([C@@H]2CCCN2CCC(=O)N2CCOCC2)nc2c1CCCC2. The Labute approximate surface area is 150 Å². The summed E-state index contributed by atoms with van der Waals surface area (Å²) < 4.78 is 7.69. The van der Waals surface area contributed by atoms with Crippen LogP contribution in [0.25, 0.3) is 0 Å². The van der Waals surface area contributed by atoms with Crippen molar-refractivity contribution in [3.8, 4) is 0 Å². The molecule has 4 rings (SSSR count). The van der Waals surface area contributed by atoms with Crippen LogP contribution in [0.1, 0.15) is 55.4 Å². The van der Waals surface area contributed by atoms with Gasteiger partial charge in [-0.1, -0.05) is 0 Å². The largest absolute Gasteiger partial charge is 0.378 e. The molecule has 1 atom stereocenters. The summed E-state index contributed by atoms with van der Waals surface area (Å²) in [7, 11) is 2.18. The van der Waals surface area contributed by atoms with Crippen LogP contribution in [0.2, 0.25) is 0 Å². The molecule has 0 unspecified atom stereocenters. The summed E-state index contributed by atoms with van der Waals surface area (Å²) in [6.45, 7) is 4.77. The van der Waals surface area contributed by atoms with Crippen LogP contribution in [0.3, 0.4) is 0 Å². The van der Waals surface area contributed by atoms with E-state index in [4.69, 9.17) is 9.72 Å². The van der Waals surface area contributed by atoms with Gasteiger partial charge in [0.15, 0.2) is 0 Å². The molecule has 0 bridgehead atoms. The fourth-order valence-corrected chi connectivity index (χ4v) is 4.60. The highest BCUT2D eigenvalue weighted by Crippen LogP contribution is 2.33. The Morgan fingerprint density at radius 3 is 2.76 bits per heavy atom. The summed E-state index contributed by atoms with van der Waals surface area (Å²) in [6, 6.07) is 0.382. The molecule has 6 heteroatoms. The first-order valence-corrected chi connectivity index (χ1v) is 9.88. The lowest BCUT2D eigenvalue weighted by molar-refractivity contribution is -0.135. The molecule has 1 aliphatic carbocycles. The number of aromatic nitrogens is 2. The Bertz CT molecular complexity index is 621. The second kappa shape index (κ2) is 7.46. The maximum absolute atomic E-state index is 12.4. The maximum Gasteiger partial charge on any atom is 0.224 e. The van der Waals surface area contributed by atoms with E-state index in [9.17, 15) is 4.79 Å². The minimum absolute atomic E-state index is 0.271. The fraction of sp³-hybridized carbons (Fsp3) is 0.789. The van der Waals surface area contributed by atoms with E-state index in [-0.39, 0.29) is 5.91 Å². The Morgan fingerprint density at radius 2 is 1.96 bits per heavy atom. The third kappa shape index (κ3) is 3.47. The first-order valence-electron chi connectivity index (χ1n) is 9.88. The Balaban J connectivity index is 1.40. The maximum atomic E-state index is 12.4. The average molecular weight is 346 g/mol. The fourth-order valence-electron chi connectivity index (χ4n) is 4.60. The van der Waals surface area contributed by atoms with E-state index in [1.54, 1.807) is 0 Å². The van der Waals surface area contributed by atoms with Gasteiger partial charge in [0.2, 0.25) is 5.91 Å². The molecule has 1 amide bonds. The van der Waals surface area contributed by atoms with E-state index < -0.39 is 0 Å². The van der Waals surface area contributed by atoms with Crippen molar-refractivity contribution in [1.29, 1.82) is 0 Å². The lowest BCUT2D eigenvalue weighted by atomic mass is 10.0. The zero-order chi connectivity index (χ0) is 17.2. The first-order chi connectivity index (χ1) is 12.2. The van der Waals surface area contributed by atoms with Crippen LogP contribution in [0.4, 0.5) is 0 Å². The van der Waals surface area contributed by atoms with Gasteiger partial charge in [-0.15, -0.1) is 0 Å². The summed E-state index contributed by atoms with van der Waals surface area (Å²) in [5, 5.41) is 0. The minimum atomic E-state index is 0.271. The molecule has 2 aliphatic heterocycles. The number of hydrogen-bond acceptors (Lipinski definition) is 4. The molecule has 138 valence electrons. The van der Waals surface area contributed by atoms with E-state index in [2.05, 4.69) is 16.5 Å². The van der Waals surface area contributed by atoms with Crippen LogP contribution >= 0.6 is 0 Å². The summed E-state index contributed by atoms with van der Waals surface area (Å²) in [5.41, 5.74) is 2.76. The number of carbonyl (C=O) groups is 1. The van der Waals surface area contributed by atoms with Crippen molar-refractivity contribution in [3.05, 3.63) is 17.2 Å². The minimum Gasteiger partial charge on any atom is -0.378 e. The zero-order valence-electron chi connectivity index (χ0n) is 15.4. The molecule has 0 N–H and O–H groups in total. The molecule has 2 fully saturated rings. The predicted molar refractivity (Wildman–Crippen MR) is 95.4 cm³/mol. The molecule has 3 aliphatic rings. The van der Waals surface area contributed by atoms with Crippen molar-refractivity contribution in [2.24, 2.45) is 7.05 Å². The van der Waals surface area contributed by atoms with Gasteiger partial charge in [-0.3, -0.25) is 9.69 Å². The number of ether oxygens (including phenoxy) is 1. The zero-order valence-corrected chi connectivity index (χ0v) is 15.4. The number of carbonyl (C=O) groups excluding carboxylic acids is 1. The molecule has 3 heterocycles. The van der Waals surface area contributed by atoms with Gasteiger partial charge in [0.25, 0.3) is 0 Å². The van der Waals surface area contributed by atoms with E-state index in [1.807, 2.05) is 4.90 Å². The van der Waals surface area contributed by atoms with Gasteiger partial charge in [-0.2, -0.15) is 0 Å². The lowest BCUT2D eigenvalue weighted by Crippen LogP contribution is -2.42. The standard InChI is InChI=1S/C19H30N4O2/c1-21-16-6-3-2-5-15(16)20-19(21)17-7-4-9-22(17)10-8-18(24)23-11-13-25-14-12-23/h17H,2-14H2,1H3/t17-/m0/s1. The molecular formula is C19H30N4O2. The number of rotatable bonds is 4. The van der Waals surface area contributed by atoms with Gasteiger partial charge in [-0.25, -0.2) is 4.98 Å². The van der Waals surface area contributed by atoms with Crippen LogP contribution in [-0.2, 0) is 29.4 Å². The molecule has 1 aromatic heterocycles. The lowest BCUT2D eigenvalue weighted by Gasteiger charge is -2.29. The quantitative estimate of drug-likeness (QED) is 0.832. The second-order valence-corrected chi connectivity index (χ2v) is 7.57. The topological polar surface area (TPSA) is 50.6 Å².